The van der Waals surface area contributed by atoms with Crippen LogP contribution in [0.4, 0.5) is 4.79 Å². The fraction of sp³-hybridized carbons (Fsp3) is 0.630. The molecule has 0 heterocycles. The van der Waals surface area contributed by atoms with Crippen LogP contribution in [0.1, 0.15) is 89.3 Å². The molecule has 36 heavy (non-hydrogen) atoms. The van der Waals surface area contributed by atoms with Gasteiger partial charge in [0.05, 0.1) is 6.42 Å². The van der Waals surface area contributed by atoms with Crippen molar-refractivity contribution in [3.63, 3.8) is 0 Å². The van der Waals surface area contributed by atoms with Crippen LogP contribution in [0, 0.1) is 6.92 Å². The average Bonchev–Trinajstić information content (AvgIpc) is 3.60. The highest BCUT2D eigenvalue weighted by Crippen LogP contribution is 2.36. The van der Waals surface area contributed by atoms with Crippen molar-refractivity contribution in [1.29, 1.82) is 0 Å². The predicted octanol–water partition coefficient (Wildman–Crippen LogP) is 3.24. The number of hydrogen-bond acceptors (Lipinski definition) is 5. The van der Waals surface area contributed by atoms with Crippen molar-refractivity contribution in [1.82, 2.24) is 15.5 Å². The summed E-state index contributed by atoms with van der Waals surface area (Å²) in [5.41, 5.74) is 6.31. The van der Waals surface area contributed by atoms with Crippen molar-refractivity contribution in [3.05, 3.63) is 35.4 Å². The van der Waals surface area contributed by atoms with Gasteiger partial charge in [-0.05, 0) is 58.9 Å². The quantitative estimate of drug-likeness (QED) is 0.479. The lowest BCUT2D eigenvalue weighted by atomic mass is 9.94. The summed E-state index contributed by atoms with van der Waals surface area (Å²) in [4.78, 5) is 53.6. The van der Waals surface area contributed by atoms with E-state index in [2.05, 4.69) is 10.6 Å². The smallest absolute Gasteiger partial charge is 0.408 e. The molecule has 1 aromatic rings. The van der Waals surface area contributed by atoms with Crippen molar-refractivity contribution in [2.24, 2.45) is 5.73 Å². The minimum absolute atomic E-state index is 0.0658. The maximum atomic E-state index is 13.9. The number of nitrogens with one attached hydrogen (secondary N) is 2. The Morgan fingerprint density at radius 2 is 1.75 bits per heavy atom. The minimum atomic E-state index is -1.24. The zero-order valence-corrected chi connectivity index (χ0v) is 21.8. The minimum Gasteiger partial charge on any atom is -0.444 e. The van der Waals surface area contributed by atoms with E-state index >= 15 is 0 Å². The SMILES string of the molecule is Cc1cccc(C(C(=O)NC2CCCCC2)N(C(=O)C(CC(N)=O)NC(=O)OC(C)(C)C)C2CC2)c1. The molecule has 0 bridgehead atoms. The first-order chi connectivity index (χ1) is 16.9. The molecule has 0 spiro atoms. The highest BCUT2D eigenvalue weighted by atomic mass is 16.6. The van der Waals surface area contributed by atoms with Crippen molar-refractivity contribution in [2.75, 3.05) is 0 Å². The molecule has 0 aromatic heterocycles. The highest BCUT2D eigenvalue weighted by Gasteiger charge is 2.44. The number of carbonyl (C=O) groups is 4. The number of alkyl carbamates (subject to hydrolysis) is 1. The predicted molar refractivity (Wildman–Crippen MR) is 136 cm³/mol. The van der Waals surface area contributed by atoms with Crippen LogP contribution in [0.3, 0.4) is 0 Å². The van der Waals surface area contributed by atoms with Crippen LogP contribution < -0.4 is 16.4 Å². The van der Waals surface area contributed by atoms with Gasteiger partial charge in [-0.25, -0.2) is 4.79 Å². The maximum absolute atomic E-state index is 13.9. The van der Waals surface area contributed by atoms with E-state index in [0.717, 1.165) is 50.5 Å². The number of hydrogen-bond donors (Lipinski definition) is 3. The zero-order valence-electron chi connectivity index (χ0n) is 21.8. The number of aryl methyl sites for hydroxylation is 1. The molecule has 2 atom stereocenters. The maximum Gasteiger partial charge on any atom is 0.408 e. The van der Waals surface area contributed by atoms with E-state index in [1.165, 1.54) is 4.90 Å². The molecule has 2 saturated carbocycles. The molecule has 9 nitrogen and oxygen atoms in total. The van der Waals surface area contributed by atoms with Gasteiger partial charge < -0.3 is 26.0 Å². The summed E-state index contributed by atoms with van der Waals surface area (Å²) in [6.45, 7) is 7.05. The van der Waals surface area contributed by atoms with Gasteiger partial charge in [-0.15, -0.1) is 0 Å². The van der Waals surface area contributed by atoms with Crippen molar-refractivity contribution >= 4 is 23.8 Å². The number of rotatable bonds is 9. The van der Waals surface area contributed by atoms with Crippen LogP contribution in [0.15, 0.2) is 24.3 Å². The molecule has 1 aromatic carbocycles. The lowest BCUT2D eigenvalue weighted by molar-refractivity contribution is -0.144. The van der Waals surface area contributed by atoms with E-state index in [1.54, 1.807) is 20.8 Å². The number of primary amides is 1. The summed E-state index contributed by atoms with van der Waals surface area (Å²) in [6, 6.07) is 5.30. The Bertz CT molecular complexity index is 963. The molecule has 0 saturated heterocycles. The van der Waals surface area contributed by atoms with Gasteiger partial charge in [-0.1, -0.05) is 49.1 Å². The monoisotopic (exact) mass is 500 g/mol. The first kappa shape index (κ1) is 27.5. The van der Waals surface area contributed by atoms with E-state index in [1.807, 2.05) is 31.2 Å². The average molecular weight is 501 g/mol. The number of ether oxygens (including phenoxy) is 1. The molecule has 2 fully saturated rings. The van der Waals surface area contributed by atoms with Crippen LogP contribution in [0.5, 0.6) is 0 Å². The molecular formula is C27H40N4O5. The third-order valence-corrected chi connectivity index (χ3v) is 6.43. The summed E-state index contributed by atoms with van der Waals surface area (Å²) < 4.78 is 5.31. The Morgan fingerprint density at radius 3 is 2.31 bits per heavy atom. The van der Waals surface area contributed by atoms with Gasteiger partial charge >= 0.3 is 6.09 Å². The van der Waals surface area contributed by atoms with Gasteiger partial charge in [0, 0.05) is 12.1 Å². The third kappa shape index (κ3) is 7.96. The molecule has 4 amide bonds. The highest BCUT2D eigenvalue weighted by molar-refractivity contribution is 5.95. The van der Waals surface area contributed by atoms with Crippen LogP contribution in [0.2, 0.25) is 0 Å². The van der Waals surface area contributed by atoms with Gasteiger partial charge in [-0.2, -0.15) is 0 Å². The Morgan fingerprint density at radius 1 is 1.08 bits per heavy atom. The molecular weight excluding hydrogens is 460 g/mol. The first-order valence-electron chi connectivity index (χ1n) is 12.9. The van der Waals surface area contributed by atoms with Crippen molar-refractivity contribution in [3.8, 4) is 0 Å². The fourth-order valence-corrected chi connectivity index (χ4v) is 4.71. The van der Waals surface area contributed by atoms with Crippen LogP contribution >= 0.6 is 0 Å². The Balaban J connectivity index is 1.93. The summed E-state index contributed by atoms with van der Waals surface area (Å²) in [5.74, 6) is -1.51. The van der Waals surface area contributed by atoms with E-state index < -0.39 is 42.0 Å². The molecule has 198 valence electrons. The van der Waals surface area contributed by atoms with E-state index in [9.17, 15) is 19.2 Å². The Hall–Kier alpha value is -3.10. The van der Waals surface area contributed by atoms with Crippen LogP contribution in [0.25, 0.3) is 0 Å². The topological polar surface area (TPSA) is 131 Å². The van der Waals surface area contributed by atoms with Gasteiger partial charge in [0.2, 0.25) is 17.7 Å². The lowest BCUT2D eigenvalue weighted by Gasteiger charge is -2.35. The van der Waals surface area contributed by atoms with Crippen LogP contribution in [-0.4, -0.2) is 52.4 Å². The number of nitrogens with two attached hydrogens (primary N) is 1. The van der Waals surface area contributed by atoms with Crippen molar-refractivity contribution < 1.29 is 23.9 Å². The normalized spacial score (nSPS) is 18.0. The van der Waals surface area contributed by atoms with E-state index in [-0.39, 0.29) is 18.0 Å². The number of amides is 4. The zero-order chi connectivity index (χ0) is 26.5. The molecule has 4 N–H and O–H groups in total. The second kappa shape index (κ2) is 11.8. The second-order valence-electron chi connectivity index (χ2n) is 11.0. The Labute approximate surface area is 213 Å². The molecule has 2 unspecified atom stereocenters. The summed E-state index contributed by atoms with van der Waals surface area (Å²) >= 11 is 0. The van der Waals surface area contributed by atoms with E-state index in [0.29, 0.717) is 5.56 Å². The largest absolute Gasteiger partial charge is 0.444 e. The molecule has 3 rings (SSSR count). The molecule has 9 heteroatoms. The van der Waals surface area contributed by atoms with Gasteiger partial charge in [0.25, 0.3) is 0 Å². The van der Waals surface area contributed by atoms with Gasteiger partial charge in [0.1, 0.15) is 17.7 Å². The Kier molecular flexibility index (Phi) is 8.98. The number of carbonyl (C=O) groups excluding carboxylic acids is 4. The summed E-state index contributed by atoms with van der Waals surface area (Å²) in [6.07, 6.45) is 5.36. The van der Waals surface area contributed by atoms with Gasteiger partial charge in [0.15, 0.2) is 0 Å². The van der Waals surface area contributed by atoms with Crippen LogP contribution in [-0.2, 0) is 19.1 Å². The number of nitrogens with zero attached hydrogens (tertiary/aromatic N) is 1. The molecule has 2 aliphatic rings. The van der Waals surface area contributed by atoms with E-state index in [4.69, 9.17) is 10.5 Å². The molecule has 0 aliphatic heterocycles. The fourth-order valence-electron chi connectivity index (χ4n) is 4.71. The third-order valence-electron chi connectivity index (χ3n) is 6.43. The second-order valence-corrected chi connectivity index (χ2v) is 11.0. The molecule has 2 aliphatic carbocycles. The first-order valence-corrected chi connectivity index (χ1v) is 12.9. The van der Waals surface area contributed by atoms with Crippen molar-refractivity contribution in [2.45, 2.75) is 109 Å². The van der Waals surface area contributed by atoms with Gasteiger partial charge in [-0.3, -0.25) is 14.4 Å². The standard InChI is InChI=1S/C27H40N4O5/c1-17-9-8-10-18(15-17)23(24(33)29-19-11-6-5-7-12-19)31(20-13-14-20)25(34)21(16-22(28)32)30-26(35)36-27(2,3)4/h8-10,15,19-21,23H,5-7,11-14,16H2,1-4H3,(H2,28,32)(H,29,33)(H,30,35). The summed E-state index contributed by atoms with van der Waals surface area (Å²) in [7, 11) is 0. The lowest BCUT2D eigenvalue weighted by Crippen LogP contribution is -2.55. The molecule has 0 radical (unpaired) electrons. The summed E-state index contributed by atoms with van der Waals surface area (Å²) in [5, 5.41) is 5.69. The number of benzene rings is 1.